The van der Waals surface area contributed by atoms with E-state index < -0.39 is 11.9 Å². The van der Waals surface area contributed by atoms with E-state index in [4.69, 9.17) is 14.5 Å². The summed E-state index contributed by atoms with van der Waals surface area (Å²) in [4.78, 5) is 50.4. The Morgan fingerprint density at radius 3 is 2.67 bits per heavy atom. The molecule has 2 aromatic heterocycles. The number of aryl methyl sites for hydroxylation is 1. The van der Waals surface area contributed by atoms with Crippen molar-refractivity contribution in [3.8, 4) is 5.75 Å². The number of nitrogens with zero attached hydrogens (tertiary/aromatic N) is 4. The van der Waals surface area contributed by atoms with Crippen molar-refractivity contribution in [3.05, 3.63) is 100 Å². The average molecular weight is 664 g/mol. The molecule has 0 bridgehead atoms. The van der Waals surface area contributed by atoms with Crippen LogP contribution in [0.25, 0.3) is 10.9 Å². The van der Waals surface area contributed by atoms with Gasteiger partial charge >= 0.3 is 0 Å². The number of carbonyl (C=O) groups is 3. The summed E-state index contributed by atoms with van der Waals surface area (Å²) in [7, 11) is 0. The van der Waals surface area contributed by atoms with Gasteiger partial charge in [0, 0.05) is 86.2 Å². The van der Waals surface area contributed by atoms with Crippen molar-refractivity contribution in [1.29, 1.82) is 0 Å². The highest BCUT2D eigenvalue weighted by Crippen LogP contribution is 2.36. The monoisotopic (exact) mass is 663 g/mol. The largest absolute Gasteiger partial charge is 0.488 e. The molecule has 49 heavy (non-hydrogen) atoms. The number of halogens is 1. The van der Waals surface area contributed by atoms with Crippen molar-refractivity contribution < 1.29 is 28.2 Å². The smallest absolute Gasteiger partial charge is 0.255 e. The van der Waals surface area contributed by atoms with Crippen LogP contribution in [0, 0.1) is 12.7 Å². The van der Waals surface area contributed by atoms with Crippen LogP contribution in [-0.4, -0.2) is 75.9 Å². The number of amides is 3. The maximum atomic E-state index is 15.5. The molecule has 0 unspecified atom stereocenters. The molecule has 3 saturated heterocycles. The fourth-order valence-electron chi connectivity index (χ4n) is 7.85. The number of likely N-dealkylation sites (tertiary alicyclic amines) is 1. The SMILES string of the molecule is Cc1cc([C@@H]2CN(Cc3cc(F)c4nc(C5CCOCC5)ccc4c3)C[C@H]2Oc2ccc3c(c2)CN([C@H]2CCC(=O)NC2=O)C3=O)ccn1. The molecule has 2 aromatic carbocycles. The van der Waals surface area contributed by atoms with E-state index in [1.165, 1.54) is 0 Å². The number of carbonyl (C=O) groups excluding carboxylic acids is 3. The minimum atomic E-state index is -0.672. The Kier molecular flexibility index (Phi) is 8.33. The number of fused-ring (bicyclic) bond motifs is 2. The van der Waals surface area contributed by atoms with Crippen LogP contribution in [0.1, 0.15) is 76.0 Å². The number of hydrogen-bond donors (Lipinski definition) is 1. The molecule has 4 aliphatic heterocycles. The van der Waals surface area contributed by atoms with E-state index in [0.29, 0.717) is 62.0 Å². The van der Waals surface area contributed by atoms with Crippen LogP contribution in [0.3, 0.4) is 0 Å². The molecule has 3 atom stereocenters. The van der Waals surface area contributed by atoms with Crippen LogP contribution in [-0.2, 0) is 27.4 Å². The van der Waals surface area contributed by atoms with Gasteiger partial charge in [0.2, 0.25) is 11.8 Å². The van der Waals surface area contributed by atoms with Gasteiger partial charge in [-0.1, -0.05) is 6.07 Å². The van der Waals surface area contributed by atoms with Crippen LogP contribution in [0.5, 0.6) is 5.75 Å². The fourth-order valence-corrected chi connectivity index (χ4v) is 7.85. The molecule has 3 fully saturated rings. The Labute approximate surface area is 283 Å². The number of hydrogen-bond acceptors (Lipinski definition) is 8. The molecule has 8 rings (SSSR count). The quantitative estimate of drug-likeness (QED) is 0.281. The second-order valence-electron chi connectivity index (χ2n) is 13.7. The maximum Gasteiger partial charge on any atom is 0.255 e. The standard InChI is InChI=1S/C38H38FN5O5/c1-22-14-25(8-11-40-22)30-20-43(18-23-15-26-2-5-32(24-9-12-48-13-10-24)41-36(26)31(39)16-23)21-34(30)49-28-3-4-29-27(17-28)19-44(38(29)47)33-6-7-35(45)42-37(33)46/h2-5,8,11,14-17,24,30,33-34H,6-7,9-10,12-13,18-21H2,1H3,(H,42,45,46)/t30-,33-,34+/m0/s1. The van der Waals surface area contributed by atoms with E-state index in [2.05, 4.69) is 21.3 Å². The van der Waals surface area contributed by atoms with Gasteiger partial charge in [0.05, 0.1) is 0 Å². The first-order chi connectivity index (χ1) is 23.8. The molecule has 4 aromatic rings. The third-order valence-corrected chi connectivity index (χ3v) is 10.3. The minimum Gasteiger partial charge on any atom is -0.488 e. The first kappa shape index (κ1) is 31.5. The maximum absolute atomic E-state index is 15.5. The second-order valence-corrected chi connectivity index (χ2v) is 13.7. The number of piperidine rings is 1. The zero-order valence-electron chi connectivity index (χ0n) is 27.4. The van der Waals surface area contributed by atoms with Gasteiger partial charge in [0.15, 0.2) is 0 Å². The fraction of sp³-hybridized carbons (Fsp3) is 0.395. The summed E-state index contributed by atoms with van der Waals surface area (Å²) in [5, 5.41) is 3.14. The normalized spacial score (nSPS) is 23.3. The lowest BCUT2D eigenvalue weighted by atomic mass is 9.95. The Hall–Kier alpha value is -4.74. The lowest BCUT2D eigenvalue weighted by molar-refractivity contribution is -0.136. The molecule has 0 radical (unpaired) electrons. The molecule has 10 nitrogen and oxygen atoms in total. The second kappa shape index (κ2) is 12.9. The lowest BCUT2D eigenvalue weighted by Crippen LogP contribution is -2.52. The summed E-state index contributed by atoms with van der Waals surface area (Å²) in [5.41, 5.74) is 5.58. The zero-order valence-corrected chi connectivity index (χ0v) is 27.4. The lowest BCUT2D eigenvalue weighted by Gasteiger charge is -2.29. The first-order valence-electron chi connectivity index (χ1n) is 17.0. The Morgan fingerprint density at radius 1 is 1.00 bits per heavy atom. The summed E-state index contributed by atoms with van der Waals surface area (Å²) in [5.74, 6) is -0.304. The first-order valence-corrected chi connectivity index (χ1v) is 17.0. The van der Waals surface area contributed by atoms with Gasteiger partial charge < -0.3 is 14.4 Å². The van der Waals surface area contributed by atoms with Gasteiger partial charge in [0.1, 0.15) is 29.2 Å². The number of ether oxygens (including phenoxy) is 2. The van der Waals surface area contributed by atoms with Crippen molar-refractivity contribution in [2.75, 3.05) is 26.3 Å². The van der Waals surface area contributed by atoms with Gasteiger partial charge in [-0.15, -0.1) is 0 Å². The third-order valence-electron chi connectivity index (χ3n) is 10.3. The molecular weight excluding hydrogens is 625 g/mol. The van der Waals surface area contributed by atoms with E-state index in [1.54, 1.807) is 17.0 Å². The number of aromatic nitrogens is 2. The summed E-state index contributed by atoms with van der Waals surface area (Å²) < 4.78 is 27.7. The molecule has 11 heteroatoms. The van der Waals surface area contributed by atoms with Crippen molar-refractivity contribution in [3.63, 3.8) is 0 Å². The topological polar surface area (TPSA) is 114 Å². The van der Waals surface area contributed by atoms with Crippen LogP contribution >= 0.6 is 0 Å². The van der Waals surface area contributed by atoms with E-state index >= 15 is 4.39 Å². The molecule has 3 amide bonds. The van der Waals surface area contributed by atoms with E-state index in [9.17, 15) is 14.4 Å². The predicted octanol–water partition coefficient (Wildman–Crippen LogP) is 4.78. The van der Waals surface area contributed by atoms with Gasteiger partial charge in [-0.25, -0.2) is 9.37 Å². The number of nitrogens with one attached hydrogen (secondary N) is 1. The third kappa shape index (κ3) is 6.28. The van der Waals surface area contributed by atoms with Crippen molar-refractivity contribution in [1.82, 2.24) is 25.1 Å². The van der Waals surface area contributed by atoms with Crippen molar-refractivity contribution in [2.45, 2.75) is 69.7 Å². The van der Waals surface area contributed by atoms with Gasteiger partial charge in [-0.3, -0.25) is 29.6 Å². The summed E-state index contributed by atoms with van der Waals surface area (Å²) >= 11 is 0. The molecule has 4 aliphatic rings. The molecule has 0 saturated carbocycles. The number of pyridine rings is 2. The summed E-state index contributed by atoms with van der Waals surface area (Å²) in [6.07, 6.45) is 3.93. The molecule has 252 valence electrons. The highest BCUT2D eigenvalue weighted by molar-refractivity contribution is 6.05. The van der Waals surface area contributed by atoms with E-state index in [-0.39, 0.29) is 42.6 Å². The van der Waals surface area contributed by atoms with Crippen LogP contribution in [0.2, 0.25) is 0 Å². The van der Waals surface area contributed by atoms with Gasteiger partial charge in [-0.05, 0) is 91.4 Å². The van der Waals surface area contributed by atoms with Gasteiger partial charge in [-0.2, -0.15) is 0 Å². The van der Waals surface area contributed by atoms with Crippen LogP contribution < -0.4 is 10.1 Å². The summed E-state index contributed by atoms with van der Waals surface area (Å²) in [6.45, 7) is 5.54. The average Bonchev–Trinajstić information content (AvgIpc) is 3.64. The van der Waals surface area contributed by atoms with Gasteiger partial charge in [0.25, 0.3) is 5.91 Å². The molecule has 0 spiro atoms. The molecular formula is C38H38FN5O5. The number of benzene rings is 2. The summed E-state index contributed by atoms with van der Waals surface area (Å²) in [6, 6.07) is 16.5. The van der Waals surface area contributed by atoms with Crippen LogP contribution in [0.4, 0.5) is 4.39 Å². The Balaban J connectivity index is 1.01. The number of imide groups is 1. The zero-order chi connectivity index (χ0) is 33.6. The van der Waals surface area contributed by atoms with Crippen molar-refractivity contribution >= 4 is 28.6 Å². The molecule has 1 N–H and O–H groups in total. The van der Waals surface area contributed by atoms with E-state index in [0.717, 1.165) is 46.3 Å². The Bertz CT molecular complexity index is 1960. The van der Waals surface area contributed by atoms with E-state index in [1.807, 2.05) is 49.5 Å². The minimum absolute atomic E-state index is 0.0329. The molecule has 6 heterocycles. The number of rotatable bonds is 7. The highest BCUT2D eigenvalue weighted by Gasteiger charge is 2.40. The Morgan fingerprint density at radius 2 is 1.86 bits per heavy atom. The molecule has 0 aliphatic carbocycles. The van der Waals surface area contributed by atoms with Crippen LogP contribution in [0.15, 0.2) is 60.8 Å². The predicted molar refractivity (Wildman–Crippen MR) is 178 cm³/mol. The van der Waals surface area contributed by atoms with Crippen molar-refractivity contribution in [2.24, 2.45) is 0 Å². The highest BCUT2D eigenvalue weighted by atomic mass is 19.1.